The van der Waals surface area contributed by atoms with Gasteiger partial charge in [0.05, 0.1) is 42.1 Å². The van der Waals surface area contributed by atoms with E-state index in [1.54, 1.807) is 30.5 Å². The molecule has 1 aromatic heterocycles. The van der Waals surface area contributed by atoms with Gasteiger partial charge in [-0.15, -0.1) is 0 Å². The van der Waals surface area contributed by atoms with E-state index < -0.39 is 114 Å². The van der Waals surface area contributed by atoms with Crippen molar-refractivity contribution in [2.75, 3.05) is 37.7 Å². The third kappa shape index (κ3) is 17.8. The number of fused-ring (bicyclic) bond motifs is 2. The van der Waals surface area contributed by atoms with Gasteiger partial charge in [-0.1, -0.05) is 59.1 Å². The number of nitrogens with one attached hydrogen (secondary N) is 2. The van der Waals surface area contributed by atoms with Crippen LogP contribution in [0.3, 0.4) is 0 Å². The zero-order valence-electron chi connectivity index (χ0n) is 45.9. The predicted molar refractivity (Wildman–Crippen MR) is 291 cm³/mol. The fraction of sp³-hybridized carbons (Fsp3) is 0.552. The van der Waals surface area contributed by atoms with Crippen molar-refractivity contribution in [3.05, 3.63) is 100 Å². The van der Waals surface area contributed by atoms with Crippen molar-refractivity contribution in [2.24, 2.45) is 39.1 Å². The van der Waals surface area contributed by atoms with Gasteiger partial charge in [-0.25, -0.2) is 18.8 Å². The third-order valence-corrected chi connectivity index (χ3v) is 15.2. The fourth-order valence-corrected chi connectivity index (χ4v) is 9.76. The summed E-state index contributed by atoms with van der Waals surface area (Å²) in [4.78, 5) is 60.8. The normalized spacial score (nSPS) is 18.5. The van der Waals surface area contributed by atoms with E-state index in [0.29, 0.717) is 41.0 Å². The summed E-state index contributed by atoms with van der Waals surface area (Å²) in [6.45, 7) is 5.99. The molecule has 3 saturated heterocycles. The average Bonchev–Trinajstić information content (AvgIpc) is 3.86. The molecule has 0 radical (unpaired) electrons. The average molecular weight is 1170 g/mol. The molecule has 3 aliphatic heterocycles. The maximum Gasteiger partial charge on any atom is 0.396 e. The van der Waals surface area contributed by atoms with Crippen LogP contribution in [0, 0.1) is 46.1 Å². The molecule has 3 aromatic rings. The van der Waals surface area contributed by atoms with Gasteiger partial charge in [-0.2, -0.15) is 35.1 Å². The van der Waals surface area contributed by atoms with E-state index >= 15 is 8.78 Å². The number of anilines is 1. The number of hydrogen-bond acceptors (Lipinski definition) is 12. The maximum atomic E-state index is 15.1. The number of aliphatic hydroxyl groups excluding tert-OH is 1. The number of allylic oxidation sites excluding steroid dienone is 1. The van der Waals surface area contributed by atoms with Crippen molar-refractivity contribution in [1.29, 1.82) is 0 Å². The van der Waals surface area contributed by atoms with E-state index in [-0.39, 0.29) is 44.5 Å². The van der Waals surface area contributed by atoms with Crippen LogP contribution in [0.4, 0.5) is 49.7 Å². The molecule has 2 bridgehead atoms. The SMILES string of the molecule is C.CCC(=O)C[C@H](C(N)=O)C(C)(C)C(F)(F)F.CCC(=O)N[C@H](C(=O)C[C@@H](Cc1ccc(C#Cc2ccc(N3CC4CCC(C3)N4C3COC3)nc2)cc1)[C@@H](O)CNCc1c(F)cc(C(N)=CC=NC(F)F)cc1F)C(C)(C)C(F)(F)F. The van der Waals surface area contributed by atoms with Gasteiger partial charge in [0.25, 0.3) is 0 Å². The standard InChI is InChI=1S/C47H54F7N7O4.C10H16F3NO2.CH4/c1-4-43(64)59-44(46(2,3)47(52,53)54)40(62)20-32(41(63)23-56-22-36-37(48)18-31(19-38(36)49)39(55)15-16-57-45(50)51)17-29-8-5-28(6-9-29)7-10-30-11-14-42(58-21-30)60-24-33-12-13-34(25-60)61(33)35-26-65-27-35;1-4-6(15)5-7(8(14)16)9(2,3)10(11,12)13;/h5-6,8-9,11,14-16,18-19,21,32-35,41,44-45,56,63H,4,12-13,17,20,22-27,55H2,1-3H3,(H,59,64);7H,4-5H2,1-3H3,(H2,14,16);1H4/t32-,33?,34?,41+,44-;7-;/m11./s1. The summed E-state index contributed by atoms with van der Waals surface area (Å²) in [5.74, 6) is -0.700. The number of primary amides is 1. The summed E-state index contributed by atoms with van der Waals surface area (Å²) in [5, 5.41) is 16.4. The lowest BCUT2D eigenvalue weighted by Crippen LogP contribution is -2.62. The number of carbonyl (C=O) groups excluding carboxylic acids is 4. The second-order valence-corrected chi connectivity index (χ2v) is 21.6. The molecule has 2 unspecified atom stereocenters. The van der Waals surface area contributed by atoms with Gasteiger partial charge in [0.1, 0.15) is 29.3 Å². The molecule has 0 saturated carbocycles. The number of benzene rings is 2. The Balaban J connectivity index is 0.000000739. The summed E-state index contributed by atoms with van der Waals surface area (Å²) in [6, 6.07) is 12.1. The van der Waals surface area contributed by atoms with Crippen LogP contribution in [0.5, 0.6) is 0 Å². The molecule has 4 heterocycles. The Kier molecular flexibility index (Phi) is 24.2. The number of pyridine rings is 1. The van der Waals surface area contributed by atoms with E-state index in [1.165, 1.54) is 26.7 Å². The first-order chi connectivity index (χ1) is 37.9. The molecule has 7 N–H and O–H groups in total. The molecule has 3 fully saturated rings. The number of ether oxygens (including phenoxy) is 1. The maximum absolute atomic E-state index is 15.1. The number of hydrogen-bond donors (Lipinski definition) is 5. The van der Waals surface area contributed by atoms with Crippen LogP contribution < -0.4 is 27.0 Å². The van der Waals surface area contributed by atoms with Crippen molar-refractivity contribution < 1.29 is 72.9 Å². The van der Waals surface area contributed by atoms with Crippen LogP contribution in [-0.2, 0) is 36.9 Å². The largest absolute Gasteiger partial charge is 0.398 e. The molecule has 0 aliphatic carbocycles. The molecular formula is C58H74F10N8O6. The number of amides is 2. The smallest absolute Gasteiger partial charge is 0.396 e. The Morgan fingerprint density at radius 2 is 1.41 bits per heavy atom. The fourth-order valence-electron chi connectivity index (χ4n) is 9.76. The Morgan fingerprint density at radius 3 is 1.90 bits per heavy atom. The highest BCUT2D eigenvalue weighted by molar-refractivity contribution is 5.90. The van der Waals surface area contributed by atoms with Crippen LogP contribution in [0.15, 0.2) is 65.8 Å². The van der Waals surface area contributed by atoms with Gasteiger partial charge in [-0.05, 0) is 87.1 Å². The second kappa shape index (κ2) is 29.2. The van der Waals surface area contributed by atoms with E-state index in [1.807, 2.05) is 12.1 Å². The first kappa shape index (κ1) is 68.1. The van der Waals surface area contributed by atoms with E-state index in [9.17, 15) is 59.4 Å². The quantitative estimate of drug-likeness (QED) is 0.0263. The number of alkyl halides is 8. The number of nitrogens with two attached hydrogens (primary N) is 2. The van der Waals surface area contributed by atoms with Crippen molar-refractivity contribution in [3.8, 4) is 11.8 Å². The van der Waals surface area contributed by atoms with Gasteiger partial charge in [-0.3, -0.25) is 24.1 Å². The highest BCUT2D eigenvalue weighted by Gasteiger charge is 2.56. The number of Topliss-reactive ketones (excluding diaryl/α,β-unsaturated/α-hetero) is 2. The van der Waals surface area contributed by atoms with Crippen LogP contribution >= 0.6 is 0 Å². The lowest BCUT2D eigenvalue weighted by Gasteiger charge is -2.47. The summed E-state index contributed by atoms with van der Waals surface area (Å²) in [5.41, 5.74) is 6.89. The zero-order valence-corrected chi connectivity index (χ0v) is 45.9. The highest BCUT2D eigenvalue weighted by atomic mass is 19.4. The zero-order chi connectivity index (χ0) is 60.2. The topological polar surface area (TPSA) is 206 Å². The Bertz CT molecular complexity index is 2740. The lowest BCUT2D eigenvalue weighted by molar-refractivity contribution is -0.228. The van der Waals surface area contributed by atoms with Gasteiger partial charge in [0, 0.05) is 104 Å². The number of halogens is 10. The predicted octanol–water partition coefficient (Wildman–Crippen LogP) is 8.84. The van der Waals surface area contributed by atoms with E-state index in [2.05, 4.69) is 37.3 Å². The Labute approximate surface area is 471 Å². The first-order valence-electron chi connectivity index (χ1n) is 26.5. The number of rotatable bonds is 23. The van der Waals surface area contributed by atoms with Crippen LogP contribution in [0.2, 0.25) is 0 Å². The minimum absolute atomic E-state index is 0. The molecule has 24 heteroatoms. The summed E-state index contributed by atoms with van der Waals surface area (Å²) in [6.07, 6.45) is -6.28. The summed E-state index contributed by atoms with van der Waals surface area (Å²) >= 11 is 0. The monoisotopic (exact) mass is 1170 g/mol. The lowest BCUT2D eigenvalue weighted by atomic mass is 9.75. The number of nitrogens with zero attached hydrogens (tertiary/aromatic N) is 4. The second-order valence-electron chi connectivity index (χ2n) is 21.6. The van der Waals surface area contributed by atoms with Crippen molar-refractivity contribution in [2.45, 2.75) is 150 Å². The number of aliphatic imine (C=N–C) groups is 1. The molecule has 14 nitrogen and oxygen atoms in total. The number of carbonyl (C=O) groups is 4. The first-order valence-corrected chi connectivity index (χ1v) is 26.5. The molecule has 452 valence electrons. The minimum atomic E-state index is -4.89. The molecule has 2 aromatic carbocycles. The Hall–Kier alpha value is -6.42. The number of piperazine rings is 1. The van der Waals surface area contributed by atoms with Gasteiger partial charge >= 0.3 is 18.9 Å². The van der Waals surface area contributed by atoms with E-state index in [4.69, 9.17) is 21.2 Å². The van der Waals surface area contributed by atoms with Crippen molar-refractivity contribution >= 4 is 41.1 Å². The van der Waals surface area contributed by atoms with Crippen LogP contribution in [0.25, 0.3) is 5.70 Å². The van der Waals surface area contributed by atoms with Crippen LogP contribution in [0.1, 0.15) is 115 Å². The molecule has 6 rings (SSSR count). The minimum Gasteiger partial charge on any atom is -0.398 e. The highest BCUT2D eigenvalue weighted by Crippen LogP contribution is 2.45. The number of aromatic nitrogens is 1. The Morgan fingerprint density at radius 1 is 0.841 bits per heavy atom. The molecule has 6 atom stereocenters. The summed E-state index contributed by atoms with van der Waals surface area (Å²) in [7, 11) is 0. The van der Waals surface area contributed by atoms with Crippen molar-refractivity contribution in [3.63, 3.8) is 0 Å². The molecular weight excluding hydrogens is 1090 g/mol. The number of ketones is 2. The molecule has 3 aliphatic rings. The van der Waals surface area contributed by atoms with Crippen LogP contribution in [-0.4, -0.2) is 127 Å². The molecule has 0 spiro atoms. The van der Waals surface area contributed by atoms with E-state index in [0.717, 1.165) is 78.0 Å². The summed E-state index contributed by atoms with van der Waals surface area (Å²) < 4.78 is 141. The third-order valence-electron chi connectivity index (χ3n) is 15.2. The van der Waals surface area contributed by atoms with Crippen molar-refractivity contribution in [1.82, 2.24) is 20.5 Å². The van der Waals surface area contributed by atoms with Gasteiger partial charge in [0.2, 0.25) is 11.8 Å². The van der Waals surface area contributed by atoms with Gasteiger partial charge in [0.15, 0.2) is 5.78 Å². The van der Waals surface area contributed by atoms with Gasteiger partial charge < -0.3 is 36.8 Å². The molecule has 2 amide bonds. The molecule has 82 heavy (non-hydrogen) atoms. The number of aliphatic hydroxyl groups is 1.